The Labute approximate surface area is 189 Å². The average Bonchev–Trinajstić information content (AvgIpc) is 3.10. The first kappa shape index (κ1) is 23.5. The fourth-order valence-electron chi connectivity index (χ4n) is 9.35. The van der Waals surface area contributed by atoms with Gasteiger partial charge in [-0.25, -0.2) is 0 Å². The van der Waals surface area contributed by atoms with Crippen molar-refractivity contribution in [1.82, 2.24) is 0 Å². The predicted octanol–water partition coefficient (Wildman–Crippen LogP) is 5.61. The Bertz CT molecular complexity index is 664. The number of carbonyl (C=O) groups is 1. The molecule has 31 heavy (non-hydrogen) atoms. The van der Waals surface area contributed by atoms with Gasteiger partial charge in [0.1, 0.15) is 0 Å². The van der Waals surface area contributed by atoms with Crippen LogP contribution in [0.5, 0.6) is 0 Å². The van der Waals surface area contributed by atoms with E-state index in [1.807, 2.05) is 0 Å². The van der Waals surface area contributed by atoms with Gasteiger partial charge >= 0.3 is 5.97 Å². The fourth-order valence-corrected chi connectivity index (χ4v) is 9.35. The molecule has 0 aromatic rings. The molecule has 0 aromatic carbocycles. The largest absolute Gasteiger partial charge is 0.469 e. The summed E-state index contributed by atoms with van der Waals surface area (Å²) in [5.41, 5.74) is 0.215. The van der Waals surface area contributed by atoms with Crippen LogP contribution in [-0.4, -0.2) is 37.5 Å². The zero-order valence-corrected chi connectivity index (χ0v) is 20.6. The SMILES string of the molecule is COC[C@]1(O)CC[C@]2(C)C3CC[C@@]4(C)C(CCC4[C@H](C)CCC(=O)OC)C3CC[C@H]2C1. The minimum Gasteiger partial charge on any atom is -0.469 e. The highest BCUT2D eigenvalue weighted by atomic mass is 16.5. The van der Waals surface area contributed by atoms with Gasteiger partial charge in [0, 0.05) is 13.5 Å². The van der Waals surface area contributed by atoms with Gasteiger partial charge in [-0.1, -0.05) is 20.8 Å². The van der Waals surface area contributed by atoms with Crippen LogP contribution >= 0.6 is 0 Å². The monoisotopic (exact) mass is 434 g/mol. The maximum Gasteiger partial charge on any atom is 0.305 e. The molecule has 0 amide bonds. The van der Waals surface area contributed by atoms with E-state index in [0.29, 0.717) is 35.7 Å². The van der Waals surface area contributed by atoms with E-state index < -0.39 is 5.60 Å². The summed E-state index contributed by atoms with van der Waals surface area (Å²) in [6.07, 6.45) is 12.5. The van der Waals surface area contributed by atoms with Crippen LogP contribution in [0.25, 0.3) is 0 Å². The lowest BCUT2D eigenvalue weighted by Gasteiger charge is -2.62. The number of fused-ring (bicyclic) bond motifs is 5. The molecule has 0 bridgehead atoms. The molecule has 4 unspecified atom stereocenters. The molecule has 0 heterocycles. The number of hydrogen-bond donors (Lipinski definition) is 1. The van der Waals surface area contributed by atoms with Crippen LogP contribution in [0.2, 0.25) is 0 Å². The van der Waals surface area contributed by atoms with Gasteiger partial charge in [-0.15, -0.1) is 0 Å². The Kier molecular flexibility index (Phi) is 6.55. The van der Waals surface area contributed by atoms with Crippen molar-refractivity contribution in [3.05, 3.63) is 0 Å². The van der Waals surface area contributed by atoms with Gasteiger partial charge < -0.3 is 14.6 Å². The lowest BCUT2D eigenvalue weighted by molar-refractivity contribution is -0.163. The first-order valence-electron chi connectivity index (χ1n) is 12.9. The molecule has 1 N–H and O–H groups in total. The highest BCUT2D eigenvalue weighted by molar-refractivity contribution is 5.69. The first-order valence-corrected chi connectivity index (χ1v) is 12.9. The molecule has 0 spiro atoms. The molecule has 0 aliphatic heterocycles. The maximum absolute atomic E-state index is 11.7. The van der Waals surface area contributed by atoms with E-state index in [-0.39, 0.29) is 5.97 Å². The molecule has 4 aliphatic rings. The van der Waals surface area contributed by atoms with Crippen LogP contribution in [0.15, 0.2) is 0 Å². The zero-order valence-electron chi connectivity index (χ0n) is 20.6. The van der Waals surface area contributed by atoms with E-state index >= 15 is 0 Å². The van der Waals surface area contributed by atoms with Crippen molar-refractivity contribution in [2.75, 3.05) is 20.8 Å². The second-order valence-corrected chi connectivity index (χ2v) is 12.3. The number of ether oxygens (including phenoxy) is 2. The second-order valence-electron chi connectivity index (χ2n) is 12.3. The topological polar surface area (TPSA) is 55.8 Å². The molecule has 4 nitrogen and oxygen atoms in total. The molecule has 4 rings (SSSR count). The minimum atomic E-state index is -0.609. The smallest absolute Gasteiger partial charge is 0.305 e. The molecule has 9 atom stereocenters. The number of rotatable bonds is 6. The van der Waals surface area contributed by atoms with Crippen molar-refractivity contribution in [3.63, 3.8) is 0 Å². The molecule has 4 aliphatic carbocycles. The summed E-state index contributed by atoms with van der Waals surface area (Å²) >= 11 is 0. The summed E-state index contributed by atoms with van der Waals surface area (Å²) in [5, 5.41) is 11.1. The van der Waals surface area contributed by atoms with Crippen molar-refractivity contribution < 1.29 is 19.4 Å². The van der Waals surface area contributed by atoms with E-state index in [4.69, 9.17) is 9.47 Å². The van der Waals surface area contributed by atoms with Gasteiger partial charge in [-0.3, -0.25) is 4.79 Å². The Morgan fingerprint density at radius 1 is 1.00 bits per heavy atom. The molecular weight excluding hydrogens is 388 g/mol. The standard InChI is InChI=1S/C27H46O4/c1-18(6-11-24(28)31-5)21-9-10-22-20-8-7-19-16-27(29,17-30-4)15-14-25(19,2)23(20)12-13-26(21,22)3/h18-23,29H,6-17H2,1-5H3/t18-,19+,20?,21?,22?,23?,25+,26-,27+/m1/s1. The normalized spacial score (nSPS) is 47.7. The van der Waals surface area contributed by atoms with Crippen molar-refractivity contribution in [1.29, 1.82) is 0 Å². The Morgan fingerprint density at radius 2 is 1.74 bits per heavy atom. The molecule has 178 valence electrons. The quantitative estimate of drug-likeness (QED) is 0.552. The summed E-state index contributed by atoms with van der Waals surface area (Å²) in [5.74, 6) is 4.43. The minimum absolute atomic E-state index is 0.0627. The van der Waals surface area contributed by atoms with Gasteiger partial charge in [0.2, 0.25) is 0 Å². The van der Waals surface area contributed by atoms with Crippen LogP contribution in [0.1, 0.15) is 91.4 Å². The van der Waals surface area contributed by atoms with Crippen LogP contribution in [0.4, 0.5) is 0 Å². The number of hydrogen-bond acceptors (Lipinski definition) is 4. The number of carbonyl (C=O) groups excluding carboxylic acids is 1. The van der Waals surface area contributed by atoms with E-state index in [1.54, 1.807) is 7.11 Å². The third kappa shape index (κ3) is 3.98. The van der Waals surface area contributed by atoms with E-state index in [2.05, 4.69) is 20.8 Å². The zero-order chi connectivity index (χ0) is 22.4. The summed E-state index contributed by atoms with van der Waals surface area (Å²) in [7, 11) is 3.22. The number of aliphatic hydroxyl groups is 1. The highest BCUT2D eigenvalue weighted by Gasteiger charge is 2.61. The van der Waals surface area contributed by atoms with E-state index in [1.165, 1.54) is 45.6 Å². The number of methoxy groups -OCH3 is 2. The molecular formula is C27H46O4. The lowest BCUT2D eigenvalue weighted by Crippen LogP contribution is -2.56. The van der Waals surface area contributed by atoms with Gasteiger partial charge in [-0.05, 0) is 111 Å². The highest BCUT2D eigenvalue weighted by Crippen LogP contribution is 2.68. The lowest BCUT2D eigenvalue weighted by atomic mass is 9.43. The molecule has 4 fully saturated rings. The average molecular weight is 435 g/mol. The predicted molar refractivity (Wildman–Crippen MR) is 122 cm³/mol. The Balaban J connectivity index is 1.47. The van der Waals surface area contributed by atoms with Gasteiger partial charge in [-0.2, -0.15) is 0 Å². The van der Waals surface area contributed by atoms with Crippen LogP contribution in [0, 0.1) is 46.3 Å². The molecule has 0 radical (unpaired) electrons. The Hall–Kier alpha value is -0.610. The Morgan fingerprint density at radius 3 is 2.45 bits per heavy atom. The number of esters is 1. The summed E-state index contributed by atoms with van der Waals surface area (Å²) < 4.78 is 10.3. The van der Waals surface area contributed by atoms with Crippen molar-refractivity contribution >= 4 is 5.97 Å². The third-order valence-electron chi connectivity index (χ3n) is 11.0. The van der Waals surface area contributed by atoms with Crippen LogP contribution in [0.3, 0.4) is 0 Å². The van der Waals surface area contributed by atoms with E-state index in [0.717, 1.165) is 49.4 Å². The summed E-state index contributed by atoms with van der Waals surface area (Å²) in [4.78, 5) is 11.7. The van der Waals surface area contributed by atoms with E-state index in [9.17, 15) is 9.90 Å². The van der Waals surface area contributed by atoms with Gasteiger partial charge in [0.15, 0.2) is 0 Å². The first-order chi connectivity index (χ1) is 14.7. The third-order valence-corrected chi connectivity index (χ3v) is 11.0. The fraction of sp³-hybridized carbons (Fsp3) is 0.963. The van der Waals surface area contributed by atoms with Crippen LogP contribution < -0.4 is 0 Å². The van der Waals surface area contributed by atoms with Crippen molar-refractivity contribution in [3.8, 4) is 0 Å². The van der Waals surface area contributed by atoms with Crippen LogP contribution in [-0.2, 0) is 14.3 Å². The maximum atomic E-state index is 11.7. The summed E-state index contributed by atoms with van der Waals surface area (Å²) in [6, 6.07) is 0. The molecule has 4 heteroatoms. The van der Waals surface area contributed by atoms with Gasteiger partial charge in [0.05, 0.1) is 19.3 Å². The van der Waals surface area contributed by atoms with Gasteiger partial charge in [0.25, 0.3) is 0 Å². The molecule has 0 aromatic heterocycles. The molecule has 0 saturated heterocycles. The van der Waals surface area contributed by atoms with Crippen molar-refractivity contribution in [2.45, 2.75) is 97.0 Å². The second kappa shape index (κ2) is 8.63. The molecule has 4 saturated carbocycles. The summed E-state index contributed by atoms with van der Waals surface area (Å²) in [6.45, 7) is 8.02. The van der Waals surface area contributed by atoms with Crippen molar-refractivity contribution in [2.24, 2.45) is 46.3 Å².